The lowest BCUT2D eigenvalue weighted by atomic mass is 10.0. The number of hydrogen-bond acceptors (Lipinski definition) is 3. The van der Waals surface area contributed by atoms with E-state index in [1.807, 2.05) is 25.1 Å². The van der Waals surface area contributed by atoms with Gasteiger partial charge >= 0.3 is 5.97 Å². The SMILES string of the molecule is COC(=O)c1cccc(CC[C@@H](C)N)c1. The van der Waals surface area contributed by atoms with E-state index in [-0.39, 0.29) is 12.0 Å². The fourth-order valence-electron chi connectivity index (χ4n) is 1.37. The van der Waals surface area contributed by atoms with Crippen molar-refractivity contribution in [3.63, 3.8) is 0 Å². The van der Waals surface area contributed by atoms with Crippen LogP contribution >= 0.6 is 0 Å². The van der Waals surface area contributed by atoms with E-state index in [4.69, 9.17) is 5.73 Å². The molecule has 0 aliphatic carbocycles. The van der Waals surface area contributed by atoms with E-state index < -0.39 is 0 Å². The number of aryl methyl sites for hydroxylation is 1. The molecule has 0 aromatic heterocycles. The van der Waals surface area contributed by atoms with Gasteiger partial charge in [0, 0.05) is 6.04 Å². The Kier molecular flexibility index (Phi) is 4.31. The van der Waals surface area contributed by atoms with E-state index in [1.165, 1.54) is 7.11 Å². The Labute approximate surface area is 90.2 Å². The van der Waals surface area contributed by atoms with Gasteiger partial charge in [0.1, 0.15) is 0 Å². The molecule has 1 atom stereocenters. The molecule has 1 aromatic rings. The van der Waals surface area contributed by atoms with Crippen LogP contribution in [0, 0.1) is 0 Å². The number of carbonyl (C=O) groups is 1. The molecular weight excluding hydrogens is 190 g/mol. The van der Waals surface area contributed by atoms with Gasteiger partial charge in [0.2, 0.25) is 0 Å². The maximum Gasteiger partial charge on any atom is 0.337 e. The fourth-order valence-corrected chi connectivity index (χ4v) is 1.37. The molecule has 0 aliphatic rings. The molecule has 0 saturated heterocycles. The van der Waals surface area contributed by atoms with E-state index in [0.29, 0.717) is 5.56 Å². The maximum atomic E-state index is 11.3. The van der Waals surface area contributed by atoms with Crippen LogP contribution in [-0.4, -0.2) is 19.1 Å². The zero-order chi connectivity index (χ0) is 11.3. The number of hydrogen-bond donors (Lipinski definition) is 1. The molecule has 1 rings (SSSR count). The van der Waals surface area contributed by atoms with Gasteiger partial charge in [-0.05, 0) is 37.5 Å². The van der Waals surface area contributed by atoms with Crippen LogP contribution in [0.3, 0.4) is 0 Å². The normalized spacial score (nSPS) is 12.2. The average molecular weight is 207 g/mol. The van der Waals surface area contributed by atoms with E-state index in [1.54, 1.807) is 6.07 Å². The molecule has 0 heterocycles. The Morgan fingerprint density at radius 3 is 2.87 bits per heavy atom. The zero-order valence-corrected chi connectivity index (χ0v) is 9.19. The highest BCUT2D eigenvalue weighted by atomic mass is 16.5. The number of benzene rings is 1. The number of carbonyl (C=O) groups excluding carboxylic acids is 1. The second kappa shape index (κ2) is 5.51. The van der Waals surface area contributed by atoms with E-state index in [9.17, 15) is 4.79 Å². The number of rotatable bonds is 4. The van der Waals surface area contributed by atoms with Gasteiger partial charge in [-0.1, -0.05) is 12.1 Å². The number of ether oxygens (including phenoxy) is 1. The summed E-state index contributed by atoms with van der Waals surface area (Å²) < 4.78 is 4.65. The summed E-state index contributed by atoms with van der Waals surface area (Å²) in [5.41, 5.74) is 7.39. The number of methoxy groups -OCH3 is 1. The van der Waals surface area contributed by atoms with E-state index in [2.05, 4.69) is 4.74 Å². The molecule has 3 nitrogen and oxygen atoms in total. The quantitative estimate of drug-likeness (QED) is 0.765. The predicted octanol–water partition coefficient (Wildman–Crippen LogP) is 1.75. The Hall–Kier alpha value is -1.35. The van der Waals surface area contributed by atoms with Crippen LogP contribution in [0.4, 0.5) is 0 Å². The maximum absolute atomic E-state index is 11.3. The van der Waals surface area contributed by atoms with Crippen LogP contribution in [0.15, 0.2) is 24.3 Å². The molecular formula is C12H17NO2. The molecule has 0 unspecified atom stereocenters. The van der Waals surface area contributed by atoms with Gasteiger partial charge in [-0.3, -0.25) is 0 Å². The van der Waals surface area contributed by atoms with Gasteiger partial charge in [0.05, 0.1) is 12.7 Å². The van der Waals surface area contributed by atoms with Gasteiger partial charge in [-0.25, -0.2) is 4.79 Å². The summed E-state index contributed by atoms with van der Waals surface area (Å²) >= 11 is 0. The number of esters is 1. The summed E-state index contributed by atoms with van der Waals surface area (Å²) in [6, 6.07) is 7.65. The summed E-state index contributed by atoms with van der Waals surface area (Å²) in [4.78, 5) is 11.3. The van der Waals surface area contributed by atoms with Crippen LogP contribution in [0.1, 0.15) is 29.3 Å². The molecule has 82 valence electrons. The number of nitrogens with two attached hydrogens (primary N) is 1. The minimum Gasteiger partial charge on any atom is -0.465 e. The molecule has 2 N–H and O–H groups in total. The van der Waals surface area contributed by atoms with Crippen molar-refractivity contribution in [3.8, 4) is 0 Å². The minimum atomic E-state index is -0.294. The van der Waals surface area contributed by atoms with Crippen molar-refractivity contribution >= 4 is 5.97 Å². The highest BCUT2D eigenvalue weighted by Crippen LogP contribution is 2.09. The Balaban J connectivity index is 2.70. The highest BCUT2D eigenvalue weighted by Gasteiger charge is 2.05. The molecule has 0 amide bonds. The van der Waals surface area contributed by atoms with Crippen molar-refractivity contribution < 1.29 is 9.53 Å². The lowest BCUT2D eigenvalue weighted by Crippen LogP contribution is -2.15. The van der Waals surface area contributed by atoms with Crippen molar-refractivity contribution in [2.75, 3.05) is 7.11 Å². The van der Waals surface area contributed by atoms with Crippen LogP contribution < -0.4 is 5.73 Å². The molecule has 3 heteroatoms. The lowest BCUT2D eigenvalue weighted by molar-refractivity contribution is 0.0600. The molecule has 0 fully saturated rings. The van der Waals surface area contributed by atoms with Crippen LogP contribution in [-0.2, 0) is 11.2 Å². The Morgan fingerprint density at radius 1 is 1.53 bits per heavy atom. The average Bonchev–Trinajstić information content (AvgIpc) is 2.25. The first-order chi connectivity index (χ1) is 7.13. The first kappa shape index (κ1) is 11.7. The second-order valence-electron chi connectivity index (χ2n) is 3.71. The second-order valence-corrected chi connectivity index (χ2v) is 3.71. The van der Waals surface area contributed by atoms with Crippen molar-refractivity contribution in [2.45, 2.75) is 25.8 Å². The predicted molar refractivity (Wildman–Crippen MR) is 59.8 cm³/mol. The van der Waals surface area contributed by atoms with Gasteiger partial charge in [-0.2, -0.15) is 0 Å². The lowest BCUT2D eigenvalue weighted by Gasteiger charge is -2.06. The third-order valence-electron chi connectivity index (χ3n) is 2.24. The Morgan fingerprint density at radius 2 is 2.27 bits per heavy atom. The largest absolute Gasteiger partial charge is 0.465 e. The molecule has 0 saturated carbocycles. The molecule has 15 heavy (non-hydrogen) atoms. The minimum absolute atomic E-state index is 0.187. The summed E-state index contributed by atoms with van der Waals surface area (Å²) in [5, 5.41) is 0. The fraction of sp³-hybridized carbons (Fsp3) is 0.417. The van der Waals surface area contributed by atoms with Crippen molar-refractivity contribution in [1.82, 2.24) is 0 Å². The first-order valence-electron chi connectivity index (χ1n) is 5.06. The molecule has 0 spiro atoms. The van der Waals surface area contributed by atoms with Crippen LogP contribution in [0.5, 0.6) is 0 Å². The van der Waals surface area contributed by atoms with Crippen LogP contribution in [0.25, 0.3) is 0 Å². The van der Waals surface area contributed by atoms with Crippen molar-refractivity contribution in [1.29, 1.82) is 0 Å². The smallest absolute Gasteiger partial charge is 0.337 e. The van der Waals surface area contributed by atoms with Gasteiger partial charge in [0.25, 0.3) is 0 Å². The third-order valence-corrected chi connectivity index (χ3v) is 2.24. The highest BCUT2D eigenvalue weighted by molar-refractivity contribution is 5.89. The van der Waals surface area contributed by atoms with Gasteiger partial charge in [-0.15, -0.1) is 0 Å². The summed E-state index contributed by atoms with van der Waals surface area (Å²) in [6.07, 6.45) is 1.81. The molecule has 1 aromatic carbocycles. The van der Waals surface area contributed by atoms with Crippen molar-refractivity contribution in [2.24, 2.45) is 5.73 Å². The van der Waals surface area contributed by atoms with E-state index >= 15 is 0 Å². The van der Waals surface area contributed by atoms with Crippen LogP contribution in [0.2, 0.25) is 0 Å². The Bertz CT molecular complexity index is 334. The summed E-state index contributed by atoms with van der Waals surface area (Å²) in [7, 11) is 1.39. The monoisotopic (exact) mass is 207 g/mol. The summed E-state index contributed by atoms with van der Waals surface area (Å²) in [5.74, 6) is -0.294. The first-order valence-corrected chi connectivity index (χ1v) is 5.06. The molecule has 0 bridgehead atoms. The summed E-state index contributed by atoms with van der Waals surface area (Å²) in [6.45, 7) is 1.98. The molecule has 0 aliphatic heterocycles. The van der Waals surface area contributed by atoms with E-state index in [0.717, 1.165) is 18.4 Å². The zero-order valence-electron chi connectivity index (χ0n) is 9.19. The third kappa shape index (κ3) is 3.72. The van der Waals surface area contributed by atoms with Gasteiger partial charge in [0.15, 0.2) is 0 Å². The van der Waals surface area contributed by atoms with Gasteiger partial charge < -0.3 is 10.5 Å². The standard InChI is InChI=1S/C12H17NO2/c1-9(13)6-7-10-4-3-5-11(8-10)12(14)15-2/h3-5,8-9H,6-7,13H2,1-2H3/t9-/m1/s1. The topological polar surface area (TPSA) is 52.3 Å². The molecule has 0 radical (unpaired) electrons. The van der Waals surface area contributed by atoms with Crippen molar-refractivity contribution in [3.05, 3.63) is 35.4 Å².